The largest absolute Gasteiger partial charge is 0.496 e. The van der Waals surface area contributed by atoms with Crippen LogP contribution in [-0.4, -0.2) is 36.2 Å². The monoisotopic (exact) mass is 410 g/mol. The van der Waals surface area contributed by atoms with E-state index in [1.807, 2.05) is 23.7 Å². The molecular weight excluding hydrogens is 379 g/mol. The Morgan fingerprint density at radius 3 is 2.52 bits per heavy atom. The van der Waals surface area contributed by atoms with Gasteiger partial charge in [-0.1, -0.05) is 26.3 Å². The van der Waals surface area contributed by atoms with Gasteiger partial charge in [-0.05, 0) is 38.1 Å². The van der Waals surface area contributed by atoms with E-state index < -0.39 is 11.7 Å². The lowest BCUT2D eigenvalue weighted by molar-refractivity contribution is -0.515. The van der Waals surface area contributed by atoms with Crippen molar-refractivity contribution >= 4 is 11.4 Å². The Hall–Kier alpha value is -2.57. The van der Waals surface area contributed by atoms with E-state index in [9.17, 15) is 13.2 Å². The summed E-state index contributed by atoms with van der Waals surface area (Å²) in [6, 6.07) is 3.52. The molecule has 29 heavy (non-hydrogen) atoms. The van der Waals surface area contributed by atoms with Gasteiger partial charge in [0.05, 0.1) is 18.2 Å². The molecule has 0 saturated heterocycles. The average Bonchev–Trinajstić information content (AvgIpc) is 2.63. The lowest BCUT2D eigenvalue weighted by Gasteiger charge is -2.15. The number of halogens is 3. The number of benzene rings is 1. The van der Waals surface area contributed by atoms with Crippen molar-refractivity contribution in [1.82, 2.24) is 0 Å². The molecule has 2 rings (SSSR count). The number of methoxy groups -OCH3 is 1. The molecule has 1 aliphatic heterocycles. The van der Waals surface area contributed by atoms with E-state index in [4.69, 9.17) is 10.5 Å². The molecule has 0 aliphatic carbocycles. The van der Waals surface area contributed by atoms with Gasteiger partial charge in [-0.3, -0.25) is 4.99 Å². The summed E-state index contributed by atoms with van der Waals surface area (Å²) in [7, 11) is 1.36. The molecule has 0 unspecified atom stereocenters. The molecule has 0 radical (unpaired) electrons. The lowest BCUT2D eigenvalue weighted by atomic mass is 10.0. The molecule has 0 amide bonds. The third-order valence-electron chi connectivity index (χ3n) is 4.02. The summed E-state index contributed by atoms with van der Waals surface area (Å²) >= 11 is 0. The first kappa shape index (κ1) is 24.5. The van der Waals surface area contributed by atoms with Gasteiger partial charge in [-0.25, -0.2) is 4.58 Å². The van der Waals surface area contributed by atoms with E-state index in [-0.39, 0.29) is 5.75 Å². The van der Waals surface area contributed by atoms with Crippen LogP contribution in [0.3, 0.4) is 0 Å². The first-order valence-corrected chi connectivity index (χ1v) is 9.65. The Morgan fingerprint density at radius 2 is 1.97 bits per heavy atom. The Bertz CT molecular complexity index is 802. The summed E-state index contributed by atoms with van der Waals surface area (Å²) in [5, 5.41) is 0. The Balaban J connectivity index is 0.00000132. The van der Waals surface area contributed by atoms with E-state index in [1.54, 1.807) is 13.1 Å². The Kier molecular flexibility index (Phi) is 9.65. The minimum absolute atomic E-state index is 0.160. The number of rotatable bonds is 4. The van der Waals surface area contributed by atoms with Crippen molar-refractivity contribution in [3.05, 3.63) is 53.4 Å². The van der Waals surface area contributed by atoms with Crippen molar-refractivity contribution in [3.63, 3.8) is 0 Å². The van der Waals surface area contributed by atoms with Gasteiger partial charge < -0.3 is 10.5 Å². The van der Waals surface area contributed by atoms with E-state index >= 15 is 0 Å². The zero-order chi connectivity index (χ0) is 22.0. The van der Waals surface area contributed by atoms with Gasteiger partial charge in [0.25, 0.3) is 0 Å². The van der Waals surface area contributed by atoms with E-state index in [1.165, 1.54) is 19.6 Å². The molecule has 0 fully saturated rings. The van der Waals surface area contributed by atoms with Crippen LogP contribution in [0.4, 0.5) is 13.2 Å². The number of allylic oxidation sites excluding steroid dienone is 1. The first-order valence-electron chi connectivity index (χ1n) is 9.65. The Morgan fingerprint density at radius 1 is 1.31 bits per heavy atom. The predicted molar refractivity (Wildman–Crippen MR) is 113 cm³/mol. The van der Waals surface area contributed by atoms with Crippen LogP contribution in [0.2, 0.25) is 0 Å². The molecule has 1 heterocycles. The Labute approximate surface area is 171 Å². The normalized spacial score (nSPS) is 16.3. The van der Waals surface area contributed by atoms with Crippen molar-refractivity contribution in [2.45, 2.75) is 46.7 Å². The molecule has 0 aromatic heterocycles. The van der Waals surface area contributed by atoms with Gasteiger partial charge in [0, 0.05) is 18.3 Å². The fraction of sp³-hybridized carbons (Fsp3) is 0.455. The molecular formula is C22H31F3N3O+. The summed E-state index contributed by atoms with van der Waals surface area (Å²) in [5.74, 6) is 0.160. The van der Waals surface area contributed by atoms with Crippen LogP contribution in [0.5, 0.6) is 5.75 Å². The SMILES string of the molecule is CCC.COc1cc(C(F)(F)F)ccc1C1=[N+](C/C=C(\C)N)CC/C=C\N=C1C. The highest BCUT2D eigenvalue weighted by Crippen LogP contribution is 2.33. The van der Waals surface area contributed by atoms with E-state index in [2.05, 4.69) is 18.8 Å². The van der Waals surface area contributed by atoms with Gasteiger partial charge in [-0.15, -0.1) is 0 Å². The zero-order valence-corrected chi connectivity index (χ0v) is 17.8. The molecule has 160 valence electrons. The lowest BCUT2D eigenvalue weighted by Crippen LogP contribution is -2.30. The third kappa shape index (κ3) is 7.40. The molecule has 4 nitrogen and oxygen atoms in total. The first-order chi connectivity index (χ1) is 13.6. The highest BCUT2D eigenvalue weighted by molar-refractivity contribution is 6.46. The summed E-state index contributed by atoms with van der Waals surface area (Å²) in [6.45, 7) is 9.09. The molecule has 0 bridgehead atoms. The maximum atomic E-state index is 13.0. The van der Waals surface area contributed by atoms with E-state index in [0.29, 0.717) is 30.1 Å². The topological polar surface area (TPSA) is 50.6 Å². The number of aliphatic imine (C=N–C) groups is 1. The zero-order valence-electron chi connectivity index (χ0n) is 17.8. The number of nitrogens with two attached hydrogens (primary N) is 1. The summed E-state index contributed by atoms with van der Waals surface area (Å²) < 4.78 is 46.4. The highest BCUT2D eigenvalue weighted by Gasteiger charge is 2.33. The molecule has 1 aliphatic rings. The minimum Gasteiger partial charge on any atom is -0.496 e. The smallest absolute Gasteiger partial charge is 0.416 e. The molecule has 2 N–H and O–H groups in total. The highest BCUT2D eigenvalue weighted by atomic mass is 19.4. The number of alkyl halides is 3. The van der Waals surface area contributed by atoms with Gasteiger partial charge in [0.15, 0.2) is 6.54 Å². The van der Waals surface area contributed by atoms with Crippen molar-refractivity contribution in [1.29, 1.82) is 0 Å². The second kappa shape index (κ2) is 11.4. The van der Waals surface area contributed by atoms with Gasteiger partial charge in [0.2, 0.25) is 5.71 Å². The maximum absolute atomic E-state index is 13.0. The predicted octanol–water partition coefficient (Wildman–Crippen LogP) is 5.17. The van der Waals surface area contributed by atoms with Crippen molar-refractivity contribution in [2.24, 2.45) is 10.7 Å². The van der Waals surface area contributed by atoms with Crippen LogP contribution in [0.15, 0.2) is 47.2 Å². The van der Waals surface area contributed by atoms with E-state index in [0.717, 1.165) is 24.3 Å². The van der Waals surface area contributed by atoms with Crippen LogP contribution in [-0.2, 0) is 6.18 Å². The molecule has 7 heteroatoms. The van der Waals surface area contributed by atoms with Crippen LogP contribution in [0.1, 0.15) is 51.7 Å². The number of nitrogens with zero attached hydrogens (tertiary/aromatic N) is 2. The average molecular weight is 411 g/mol. The third-order valence-corrected chi connectivity index (χ3v) is 4.02. The molecule has 0 saturated carbocycles. The van der Waals surface area contributed by atoms with Crippen molar-refractivity contribution in [3.8, 4) is 5.75 Å². The van der Waals surface area contributed by atoms with Gasteiger partial charge in [0.1, 0.15) is 18.0 Å². The minimum atomic E-state index is -4.43. The fourth-order valence-electron chi connectivity index (χ4n) is 2.74. The van der Waals surface area contributed by atoms with Crippen LogP contribution < -0.4 is 10.5 Å². The fourth-order valence-corrected chi connectivity index (χ4v) is 2.74. The number of hydrogen-bond donors (Lipinski definition) is 1. The quantitative estimate of drug-likeness (QED) is 0.696. The number of ether oxygens (including phenoxy) is 1. The molecule has 0 spiro atoms. The number of hydrogen-bond acceptors (Lipinski definition) is 3. The van der Waals surface area contributed by atoms with Gasteiger partial charge >= 0.3 is 6.18 Å². The molecule has 1 aromatic rings. The molecule has 1 aromatic carbocycles. The summed E-state index contributed by atoms with van der Waals surface area (Å²) in [4.78, 5) is 4.39. The van der Waals surface area contributed by atoms with Gasteiger partial charge in [-0.2, -0.15) is 13.2 Å². The molecule has 0 atom stereocenters. The second-order valence-electron chi connectivity index (χ2n) is 6.75. The van der Waals surface area contributed by atoms with Crippen LogP contribution in [0.25, 0.3) is 0 Å². The van der Waals surface area contributed by atoms with Crippen LogP contribution in [0, 0.1) is 0 Å². The summed E-state index contributed by atoms with van der Waals surface area (Å²) in [6.07, 6.45) is 3.13. The van der Waals surface area contributed by atoms with Crippen molar-refractivity contribution in [2.75, 3.05) is 20.2 Å². The second-order valence-corrected chi connectivity index (χ2v) is 6.75. The maximum Gasteiger partial charge on any atom is 0.416 e. The van der Waals surface area contributed by atoms with Crippen molar-refractivity contribution < 1.29 is 22.5 Å². The summed E-state index contributed by atoms with van der Waals surface area (Å²) in [5.41, 5.74) is 7.68. The van der Waals surface area contributed by atoms with Crippen LogP contribution >= 0.6 is 0 Å². The standard InChI is InChI=1S/C19H23F3N3O.C3H8/c1-13(23)8-11-25-10-5-4-9-24-14(2)18(25)16-7-6-15(19(20,21)22)12-17(16)26-3;1-3-2/h4,6-9,12H,5,10-11,23H2,1-3H3;3H2,1-2H3/q+1;/b9-4-,13-8+,24-14?,25-18?;.